The van der Waals surface area contributed by atoms with Crippen molar-refractivity contribution in [3.8, 4) is 11.1 Å². The van der Waals surface area contributed by atoms with E-state index in [2.05, 4.69) is 83.8 Å². The van der Waals surface area contributed by atoms with Crippen molar-refractivity contribution in [3.05, 3.63) is 72.8 Å². The third-order valence-corrected chi connectivity index (χ3v) is 4.90. The van der Waals surface area contributed by atoms with Crippen LogP contribution >= 0.6 is 0 Å². The molecule has 1 aromatic heterocycles. The van der Waals surface area contributed by atoms with Crippen LogP contribution in [0.15, 0.2) is 67.3 Å². The molecule has 3 rings (SSSR count). The van der Waals surface area contributed by atoms with E-state index in [1.807, 2.05) is 18.7 Å². The van der Waals surface area contributed by atoms with Crippen LogP contribution in [-0.4, -0.2) is 22.6 Å². The summed E-state index contributed by atoms with van der Waals surface area (Å²) in [5, 5.41) is 0. The summed E-state index contributed by atoms with van der Waals surface area (Å²) in [6.07, 6.45) is 6.82. The average Bonchev–Trinajstić information content (AvgIpc) is 3.19. The zero-order chi connectivity index (χ0) is 17.6. The number of aromatic nitrogens is 2. The second-order valence-corrected chi connectivity index (χ2v) is 6.28. The minimum atomic E-state index is 0.349. The Balaban J connectivity index is 1.80. The van der Waals surface area contributed by atoms with E-state index in [0.29, 0.717) is 6.04 Å². The normalized spacial score (nSPS) is 12.1. The smallest absolute Gasteiger partial charge is 0.0951 e. The highest BCUT2D eigenvalue weighted by Gasteiger charge is 2.11. The first-order valence-electron chi connectivity index (χ1n) is 9.19. The molecule has 130 valence electrons. The maximum Gasteiger partial charge on any atom is 0.0951 e. The lowest BCUT2D eigenvalue weighted by molar-refractivity contribution is 0.566. The van der Waals surface area contributed by atoms with Crippen molar-refractivity contribution in [1.82, 2.24) is 9.55 Å². The largest absolute Gasteiger partial charge is 0.372 e. The fraction of sp³-hybridized carbons (Fsp3) is 0.318. The summed E-state index contributed by atoms with van der Waals surface area (Å²) in [5.41, 5.74) is 5.13. The van der Waals surface area contributed by atoms with Crippen LogP contribution in [0, 0.1) is 0 Å². The predicted octanol–water partition coefficient (Wildman–Crippen LogP) is 5.40. The third-order valence-electron chi connectivity index (χ3n) is 4.90. The van der Waals surface area contributed by atoms with Gasteiger partial charge in [0.15, 0.2) is 0 Å². The Labute approximate surface area is 150 Å². The maximum atomic E-state index is 4.18. The molecule has 0 aliphatic carbocycles. The average molecular weight is 333 g/mol. The van der Waals surface area contributed by atoms with Crippen molar-refractivity contribution in [2.75, 3.05) is 18.0 Å². The van der Waals surface area contributed by atoms with E-state index in [0.717, 1.165) is 19.5 Å². The number of nitrogens with zero attached hydrogens (tertiary/aromatic N) is 3. The minimum Gasteiger partial charge on any atom is -0.372 e. The first-order chi connectivity index (χ1) is 12.3. The number of anilines is 1. The van der Waals surface area contributed by atoms with Crippen molar-refractivity contribution in [2.24, 2.45) is 0 Å². The molecule has 0 aliphatic heterocycles. The number of hydrogen-bond acceptors (Lipinski definition) is 2. The molecule has 0 saturated carbocycles. The van der Waals surface area contributed by atoms with Crippen molar-refractivity contribution in [1.29, 1.82) is 0 Å². The summed E-state index contributed by atoms with van der Waals surface area (Å²) in [7, 11) is 0. The lowest BCUT2D eigenvalue weighted by Gasteiger charge is -2.21. The second-order valence-electron chi connectivity index (χ2n) is 6.28. The van der Waals surface area contributed by atoms with Crippen molar-refractivity contribution < 1.29 is 0 Å². The second kappa shape index (κ2) is 8.02. The molecular weight excluding hydrogens is 306 g/mol. The zero-order valence-corrected chi connectivity index (χ0v) is 15.4. The van der Waals surface area contributed by atoms with E-state index in [4.69, 9.17) is 0 Å². The molecule has 0 N–H and O–H groups in total. The summed E-state index contributed by atoms with van der Waals surface area (Å²) in [5.74, 6) is 0. The molecule has 2 aromatic carbocycles. The van der Waals surface area contributed by atoms with E-state index in [9.17, 15) is 0 Å². The summed E-state index contributed by atoms with van der Waals surface area (Å²) in [4.78, 5) is 6.54. The van der Waals surface area contributed by atoms with E-state index >= 15 is 0 Å². The van der Waals surface area contributed by atoms with Gasteiger partial charge in [0.05, 0.1) is 12.4 Å². The SMILES string of the molecule is CCC(c1ccc(-c2ccc(N(CC)CC)cc2)cc1)n1ccnc1. The fourth-order valence-corrected chi connectivity index (χ4v) is 3.42. The van der Waals surface area contributed by atoms with Gasteiger partial charge in [0.1, 0.15) is 0 Å². The highest BCUT2D eigenvalue weighted by molar-refractivity contribution is 5.66. The molecule has 3 aromatic rings. The number of benzene rings is 2. The molecule has 0 radical (unpaired) electrons. The van der Waals surface area contributed by atoms with Gasteiger partial charge in [-0.3, -0.25) is 0 Å². The minimum absolute atomic E-state index is 0.349. The summed E-state index contributed by atoms with van der Waals surface area (Å²) >= 11 is 0. The Morgan fingerprint density at radius 2 is 1.48 bits per heavy atom. The van der Waals surface area contributed by atoms with Gasteiger partial charge in [-0.1, -0.05) is 43.3 Å². The summed E-state index contributed by atoms with van der Waals surface area (Å²) in [6, 6.07) is 18.1. The quantitative estimate of drug-likeness (QED) is 0.577. The molecule has 25 heavy (non-hydrogen) atoms. The van der Waals surface area contributed by atoms with Crippen LogP contribution in [0.5, 0.6) is 0 Å². The fourth-order valence-electron chi connectivity index (χ4n) is 3.42. The highest BCUT2D eigenvalue weighted by atomic mass is 15.1. The Bertz CT molecular complexity index is 754. The first kappa shape index (κ1) is 17.3. The van der Waals surface area contributed by atoms with Gasteiger partial charge in [-0.25, -0.2) is 4.98 Å². The predicted molar refractivity (Wildman–Crippen MR) is 106 cm³/mol. The molecule has 0 saturated heterocycles. The highest BCUT2D eigenvalue weighted by Crippen LogP contribution is 2.27. The van der Waals surface area contributed by atoms with Gasteiger partial charge >= 0.3 is 0 Å². The molecule has 0 aliphatic rings. The van der Waals surface area contributed by atoms with Crippen LogP contribution in [-0.2, 0) is 0 Å². The summed E-state index contributed by atoms with van der Waals surface area (Å²) < 4.78 is 2.17. The monoisotopic (exact) mass is 333 g/mol. The maximum absolute atomic E-state index is 4.18. The Kier molecular flexibility index (Phi) is 5.54. The van der Waals surface area contributed by atoms with Gasteiger partial charge in [-0.05, 0) is 49.1 Å². The van der Waals surface area contributed by atoms with Gasteiger partial charge in [0, 0.05) is 31.2 Å². The molecule has 0 bridgehead atoms. The molecule has 0 spiro atoms. The van der Waals surface area contributed by atoms with Crippen LogP contribution in [0.2, 0.25) is 0 Å². The van der Waals surface area contributed by atoms with Crippen LogP contribution in [0.3, 0.4) is 0 Å². The number of imidazole rings is 1. The van der Waals surface area contributed by atoms with Gasteiger partial charge in [0.2, 0.25) is 0 Å². The molecule has 0 fully saturated rings. The molecule has 1 unspecified atom stereocenters. The molecule has 1 heterocycles. The van der Waals surface area contributed by atoms with E-state index < -0.39 is 0 Å². The van der Waals surface area contributed by atoms with Crippen molar-refractivity contribution >= 4 is 5.69 Å². The van der Waals surface area contributed by atoms with E-state index in [-0.39, 0.29) is 0 Å². The van der Waals surface area contributed by atoms with Crippen LogP contribution in [0.4, 0.5) is 5.69 Å². The molecule has 0 amide bonds. The van der Waals surface area contributed by atoms with Gasteiger partial charge in [-0.15, -0.1) is 0 Å². The summed E-state index contributed by atoms with van der Waals surface area (Å²) in [6.45, 7) is 8.68. The molecule has 3 heteroatoms. The lowest BCUT2D eigenvalue weighted by Crippen LogP contribution is -2.21. The van der Waals surface area contributed by atoms with Gasteiger partial charge < -0.3 is 9.47 Å². The lowest BCUT2D eigenvalue weighted by atomic mass is 9.99. The van der Waals surface area contributed by atoms with E-state index in [1.54, 1.807) is 0 Å². The Morgan fingerprint density at radius 1 is 0.880 bits per heavy atom. The van der Waals surface area contributed by atoms with Crippen LogP contribution < -0.4 is 4.90 Å². The zero-order valence-electron chi connectivity index (χ0n) is 15.4. The van der Waals surface area contributed by atoms with Crippen molar-refractivity contribution in [3.63, 3.8) is 0 Å². The van der Waals surface area contributed by atoms with Gasteiger partial charge in [0.25, 0.3) is 0 Å². The number of hydrogen-bond donors (Lipinski definition) is 0. The van der Waals surface area contributed by atoms with Crippen LogP contribution in [0.25, 0.3) is 11.1 Å². The van der Waals surface area contributed by atoms with Gasteiger partial charge in [-0.2, -0.15) is 0 Å². The third kappa shape index (κ3) is 3.76. The standard InChI is InChI=1S/C22H27N3/c1-4-22(25-16-15-23-17-25)20-9-7-18(8-10-20)19-11-13-21(14-12-19)24(5-2)6-3/h7-17,22H,4-6H2,1-3H3. The Morgan fingerprint density at radius 3 is 1.96 bits per heavy atom. The molecule has 3 nitrogen and oxygen atoms in total. The van der Waals surface area contributed by atoms with Crippen molar-refractivity contribution in [2.45, 2.75) is 33.2 Å². The molecular formula is C22H27N3. The number of rotatable bonds is 7. The van der Waals surface area contributed by atoms with Crippen LogP contribution in [0.1, 0.15) is 38.8 Å². The Hall–Kier alpha value is -2.55. The molecule has 1 atom stereocenters. The topological polar surface area (TPSA) is 21.1 Å². The first-order valence-corrected chi connectivity index (χ1v) is 9.19. The van der Waals surface area contributed by atoms with E-state index in [1.165, 1.54) is 22.4 Å².